The van der Waals surface area contributed by atoms with E-state index in [2.05, 4.69) is 34.3 Å². The van der Waals surface area contributed by atoms with Crippen molar-refractivity contribution in [2.75, 3.05) is 6.54 Å². The highest BCUT2D eigenvalue weighted by Gasteiger charge is 2.37. The number of hydrogen-bond acceptors (Lipinski definition) is 4. The molecule has 18 heavy (non-hydrogen) atoms. The number of hydrogen-bond donors (Lipinski definition) is 2. The van der Waals surface area contributed by atoms with Gasteiger partial charge in [-0.25, -0.2) is 0 Å². The second-order valence-corrected chi connectivity index (χ2v) is 5.52. The van der Waals surface area contributed by atoms with Crippen LogP contribution in [-0.4, -0.2) is 21.7 Å². The van der Waals surface area contributed by atoms with E-state index in [4.69, 9.17) is 4.52 Å². The Bertz CT molecular complexity index is 515. The average Bonchev–Trinajstić information content (AvgIpc) is 2.99. The Kier molecular flexibility index (Phi) is 2.70. The van der Waals surface area contributed by atoms with Crippen LogP contribution in [0.4, 0.5) is 0 Å². The molecule has 5 nitrogen and oxygen atoms in total. The van der Waals surface area contributed by atoms with Crippen molar-refractivity contribution in [1.82, 2.24) is 20.4 Å². The summed E-state index contributed by atoms with van der Waals surface area (Å²) in [5.74, 6) is 1.31. The van der Waals surface area contributed by atoms with Crippen molar-refractivity contribution in [3.63, 3.8) is 0 Å². The zero-order valence-corrected chi connectivity index (χ0v) is 10.7. The Hall–Kier alpha value is -1.62. The van der Waals surface area contributed by atoms with E-state index in [1.165, 1.54) is 12.8 Å². The summed E-state index contributed by atoms with van der Waals surface area (Å²) in [5, 5.41) is 7.52. The van der Waals surface area contributed by atoms with Crippen molar-refractivity contribution in [3.05, 3.63) is 24.2 Å². The van der Waals surface area contributed by atoms with E-state index in [-0.39, 0.29) is 11.5 Å². The standard InChI is InChI=1S/C13H18N4O/c1-13(2)6-4-8-15-10(13)12-16-11(17-18-12)9-5-3-7-14-9/h3,5,7,10,14-15H,4,6,8H2,1-2H3. The lowest BCUT2D eigenvalue weighted by Crippen LogP contribution is -2.39. The van der Waals surface area contributed by atoms with Crippen molar-refractivity contribution < 1.29 is 4.52 Å². The first-order valence-corrected chi connectivity index (χ1v) is 6.37. The number of aromatic nitrogens is 3. The van der Waals surface area contributed by atoms with Gasteiger partial charge in [0, 0.05) is 6.20 Å². The average molecular weight is 246 g/mol. The van der Waals surface area contributed by atoms with Gasteiger partial charge in [-0.05, 0) is 36.9 Å². The third-order valence-electron chi connectivity index (χ3n) is 3.66. The molecule has 0 saturated carbocycles. The van der Waals surface area contributed by atoms with Crippen molar-refractivity contribution in [2.24, 2.45) is 5.41 Å². The topological polar surface area (TPSA) is 66.7 Å². The van der Waals surface area contributed by atoms with Crippen LogP contribution in [-0.2, 0) is 0 Å². The van der Waals surface area contributed by atoms with Gasteiger partial charge in [0.05, 0.1) is 11.7 Å². The molecule has 1 aliphatic rings. The summed E-state index contributed by atoms with van der Waals surface area (Å²) < 4.78 is 5.42. The summed E-state index contributed by atoms with van der Waals surface area (Å²) in [5.41, 5.74) is 1.04. The molecule has 96 valence electrons. The van der Waals surface area contributed by atoms with Crippen LogP contribution in [0, 0.1) is 5.41 Å². The molecule has 2 aromatic heterocycles. The summed E-state index contributed by atoms with van der Waals surface area (Å²) in [6.07, 6.45) is 4.22. The van der Waals surface area contributed by atoms with Gasteiger partial charge >= 0.3 is 0 Å². The van der Waals surface area contributed by atoms with Gasteiger partial charge in [0.2, 0.25) is 11.7 Å². The summed E-state index contributed by atoms with van der Waals surface area (Å²) in [6, 6.07) is 4.00. The van der Waals surface area contributed by atoms with Crippen LogP contribution in [0.15, 0.2) is 22.9 Å². The smallest absolute Gasteiger partial charge is 0.244 e. The number of piperidine rings is 1. The fourth-order valence-corrected chi connectivity index (χ4v) is 2.56. The number of H-pyrrole nitrogens is 1. The maximum Gasteiger partial charge on any atom is 0.244 e. The van der Waals surface area contributed by atoms with Gasteiger partial charge in [-0.1, -0.05) is 19.0 Å². The van der Waals surface area contributed by atoms with Gasteiger partial charge in [0.1, 0.15) is 0 Å². The molecule has 1 aliphatic heterocycles. The van der Waals surface area contributed by atoms with E-state index < -0.39 is 0 Å². The first-order chi connectivity index (χ1) is 8.67. The molecule has 3 heterocycles. The Balaban J connectivity index is 1.89. The zero-order chi connectivity index (χ0) is 12.6. The fourth-order valence-electron chi connectivity index (χ4n) is 2.56. The largest absolute Gasteiger partial charge is 0.359 e. The molecule has 1 fully saturated rings. The number of aromatic amines is 1. The molecule has 0 aromatic carbocycles. The Morgan fingerprint density at radius 2 is 2.33 bits per heavy atom. The predicted octanol–water partition coefficient (Wildman–Crippen LogP) is 2.52. The Morgan fingerprint density at radius 1 is 1.44 bits per heavy atom. The second-order valence-electron chi connectivity index (χ2n) is 5.52. The third kappa shape index (κ3) is 1.95. The van der Waals surface area contributed by atoms with Crippen LogP contribution in [0.3, 0.4) is 0 Å². The zero-order valence-electron chi connectivity index (χ0n) is 10.7. The number of rotatable bonds is 2. The van der Waals surface area contributed by atoms with Crippen molar-refractivity contribution in [2.45, 2.75) is 32.7 Å². The van der Waals surface area contributed by atoms with Crippen molar-refractivity contribution >= 4 is 0 Å². The highest BCUT2D eigenvalue weighted by molar-refractivity contribution is 5.47. The van der Waals surface area contributed by atoms with Gasteiger partial charge < -0.3 is 14.8 Å². The number of nitrogens with zero attached hydrogens (tertiary/aromatic N) is 2. The maximum absolute atomic E-state index is 5.42. The van der Waals surface area contributed by atoms with E-state index in [1.54, 1.807) is 0 Å². The van der Waals surface area contributed by atoms with Gasteiger partial charge in [-0.15, -0.1) is 0 Å². The van der Waals surface area contributed by atoms with Gasteiger partial charge in [-0.2, -0.15) is 4.98 Å². The van der Waals surface area contributed by atoms with Crippen LogP contribution in [0.5, 0.6) is 0 Å². The van der Waals surface area contributed by atoms with Gasteiger partial charge in [-0.3, -0.25) is 0 Å². The molecule has 0 aliphatic carbocycles. The lowest BCUT2D eigenvalue weighted by atomic mass is 9.77. The van der Waals surface area contributed by atoms with E-state index in [9.17, 15) is 0 Å². The molecular formula is C13H18N4O. The molecule has 0 bridgehead atoms. The molecule has 2 N–H and O–H groups in total. The molecular weight excluding hydrogens is 228 g/mol. The lowest BCUT2D eigenvalue weighted by molar-refractivity contribution is 0.146. The molecule has 5 heteroatoms. The van der Waals surface area contributed by atoms with Gasteiger partial charge in [0.15, 0.2) is 0 Å². The lowest BCUT2D eigenvalue weighted by Gasteiger charge is -2.36. The minimum atomic E-state index is 0.141. The monoisotopic (exact) mass is 246 g/mol. The van der Waals surface area contributed by atoms with Crippen LogP contribution in [0.1, 0.15) is 38.6 Å². The first kappa shape index (κ1) is 11.5. The summed E-state index contributed by atoms with van der Waals surface area (Å²) in [4.78, 5) is 7.59. The number of nitrogens with one attached hydrogen (secondary N) is 2. The molecule has 0 spiro atoms. The molecule has 1 atom stereocenters. The quantitative estimate of drug-likeness (QED) is 0.854. The molecule has 0 amide bonds. The molecule has 0 radical (unpaired) electrons. The van der Waals surface area contributed by atoms with Crippen molar-refractivity contribution in [1.29, 1.82) is 0 Å². The summed E-state index contributed by atoms with van der Waals surface area (Å²) in [6.45, 7) is 5.49. The van der Waals surface area contributed by atoms with Crippen LogP contribution in [0.2, 0.25) is 0 Å². The minimum Gasteiger partial charge on any atom is -0.359 e. The van der Waals surface area contributed by atoms with Crippen LogP contribution in [0.25, 0.3) is 11.5 Å². The predicted molar refractivity (Wildman–Crippen MR) is 67.8 cm³/mol. The van der Waals surface area contributed by atoms with E-state index >= 15 is 0 Å². The van der Waals surface area contributed by atoms with Gasteiger partial charge in [0.25, 0.3) is 0 Å². The Labute approximate surface area is 106 Å². The van der Waals surface area contributed by atoms with Crippen LogP contribution < -0.4 is 5.32 Å². The summed E-state index contributed by atoms with van der Waals surface area (Å²) >= 11 is 0. The van der Waals surface area contributed by atoms with Crippen LogP contribution >= 0.6 is 0 Å². The highest BCUT2D eigenvalue weighted by atomic mass is 16.5. The molecule has 3 rings (SSSR count). The molecule has 1 unspecified atom stereocenters. The SMILES string of the molecule is CC1(C)CCCNC1c1nc(-c2ccc[nH]2)no1. The van der Waals surface area contributed by atoms with E-state index in [1.807, 2.05) is 18.3 Å². The highest BCUT2D eigenvalue weighted by Crippen LogP contribution is 2.39. The van der Waals surface area contributed by atoms with Crippen molar-refractivity contribution in [3.8, 4) is 11.5 Å². The normalized spacial score (nSPS) is 23.1. The Morgan fingerprint density at radius 3 is 3.06 bits per heavy atom. The van der Waals surface area contributed by atoms with E-state index in [0.29, 0.717) is 11.7 Å². The minimum absolute atomic E-state index is 0.141. The second kappa shape index (κ2) is 4.24. The summed E-state index contributed by atoms with van der Waals surface area (Å²) in [7, 11) is 0. The first-order valence-electron chi connectivity index (χ1n) is 6.37. The molecule has 1 saturated heterocycles. The van der Waals surface area contributed by atoms with E-state index in [0.717, 1.165) is 12.2 Å². The third-order valence-corrected chi connectivity index (χ3v) is 3.66. The maximum atomic E-state index is 5.42. The fraction of sp³-hybridized carbons (Fsp3) is 0.538. The molecule has 2 aromatic rings.